The van der Waals surface area contributed by atoms with Crippen molar-refractivity contribution in [3.8, 4) is 11.3 Å². The minimum absolute atomic E-state index is 0.0348. The van der Waals surface area contributed by atoms with Gasteiger partial charge in [0.2, 0.25) is 11.8 Å². The highest BCUT2D eigenvalue weighted by molar-refractivity contribution is 6.33. The summed E-state index contributed by atoms with van der Waals surface area (Å²) in [5, 5.41) is 9.39. The number of nitrogens with zero attached hydrogens (tertiary/aromatic N) is 5. The molecule has 0 N–H and O–H groups in total. The maximum atomic E-state index is 13.0. The Morgan fingerprint density at radius 3 is 2.39 bits per heavy atom. The SMILES string of the molecule is CC(C)CC(=O)N(CC(=O)N1CCN(c2ccc(-c3ccccc3Cl)nn2)CC1)CC1CC1. The Bertz CT molecular complexity index is 969. The van der Waals surface area contributed by atoms with Crippen LogP contribution >= 0.6 is 11.6 Å². The minimum Gasteiger partial charge on any atom is -0.352 e. The summed E-state index contributed by atoms with van der Waals surface area (Å²) in [6.45, 7) is 7.59. The van der Waals surface area contributed by atoms with Gasteiger partial charge in [0.15, 0.2) is 5.82 Å². The van der Waals surface area contributed by atoms with Gasteiger partial charge in [0.25, 0.3) is 0 Å². The van der Waals surface area contributed by atoms with Crippen LogP contribution in [0.1, 0.15) is 33.1 Å². The fraction of sp³-hybridized carbons (Fsp3) is 0.520. The van der Waals surface area contributed by atoms with Crippen LogP contribution in [0.25, 0.3) is 11.3 Å². The number of halogens is 1. The Morgan fingerprint density at radius 1 is 1.06 bits per heavy atom. The maximum absolute atomic E-state index is 13.0. The molecule has 176 valence electrons. The molecule has 2 amide bonds. The van der Waals surface area contributed by atoms with Crippen molar-refractivity contribution < 1.29 is 9.59 Å². The van der Waals surface area contributed by atoms with Gasteiger partial charge in [-0.2, -0.15) is 0 Å². The second-order valence-corrected chi connectivity index (χ2v) is 9.85. The second-order valence-electron chi connectivity index (χ2n) is 9.44. The molecule has 1 aliphatic heterocycles. The molecule has 4 rings (SSSR count). The monoisotopic (exact) mass is 469 g/mol. The van der Waals surface area contributed by atoms with Crippen molar-refractivity contribution >= 4 is 29.2 Å². The predicted molar refractivity (Wildman–Crippen MR) is 130 cm³/mol. The Kier molecular flexibility index (Phi) is 7.48. The van der Waals surface area contributed by atoms with Crippen molar-refractivity contribution in [2.45, 2.75) is 33.1 Å². The highest BCUT2D eigenvalue weighted by Crippen LogP contribution is 2.30. The maximum Gasteiger partial charge on any atom is 0.242 e. The topological polar surface area (TPSA) is 69.6 Å². The normalized spacial score (nSPS) is 16.2. The van der Waals surface area contributed by atoms with Crippen molar-refractivity contribution in [2.24, 2.45) is 11.8 Å². The molecule has 0 atom stereocenters. The summed E-state index contributed by atoms with van der Waals surface area (Å²) in [7, 11) is 0. The first-order valence-corrected chi connectivity index (χ1v) is 12.2. The van der Waals surface area contributed by atoms with Crippen LogP contribution in [0.15, 0.2) is 36.4 Å². The van der Waals surface area contributed by atoms with E-state index in [0.29, 0.717) is 56.0 Å². The molecule has 2 aliphatic rings. The zero-order chi connectivity index (χ0) is 23.4. The fourth-order valence-corrected chi connectivity index (χ4v) is 4.33. The van der Waals surface area contributed by atoms with Gasteiger partial charge in [-0.15, -0.1) is 10.2 Å². The number of amides is 2. The summed E-state index contributed by atoms with van der Waals surface area (Å²) in [6.07, 6.45) is 2.82. The van der Waals surface area contributed by atoms with E-state index in [4.69, 9.17) is 11.6 Å². The molecule has 2 fully saturated rings. The van der Waals surface area contributed by atoms with Crippen molar-refractivity contribution in [1.29, 1.82) is 0 Å². The van der Waals surface area contributed by atoms with E-state index in [1.165, 1.54) is 0 Å². The summed E-state index contributed by atoms with van der Waals surface area (Å²) in [5.41, 5.74) is 1.59. The Morgan fingerprint density at radius 2 is 1.79 bits per heavy atom. The fourth-order valence-electron chi connectivity index (χ4n) is 4.10. The molecular formula is C25H32ClN5O2. The van der Waals surface area contributed by atoms with Crippen LogP contribution in [0.4, 0.5) is 5.82 Å². The molecule has 0 radical (unpaired) electrons. The molecule has 0 bridgehead atoms. The molecule has 2 heterocycles. The van der Waals surface area contributed by atoms with Gasteiger partial charge in [-0.25, -0.2) is 0 Å². The first-order valence-electron chi connectivity index (χ1n) is 11.8. The lowest BCUT2D eigenvalue weighted by Gasteiger charge is -2.36. The number of hydrogen-bond donors (Lipinski definition) is 0. The van der Waals surface area contributed by atoms with Crippen molar-refractivity contribution in [3.05, 3.63) is 41.4 Å². The Hall–Kier alpha value is -2.67. The number of rotatable bonds is 8. The molecule has 1 aromatic heterocycles. The van der Waals surface area contributed by atoms with E-state index in [2.05, 4.69) is 15.1 Å². The van der Waals surface area contributed by atoms with E-state index in [1.807, 2.05) is 55.1 Å². The standard InChI is InChI=1S/C25H32ClN5O2/c1-18(2)15-24(32)31(16-19-7-8-19)17-25(33)30-13-11-29(12-14-30)23-10-9-22(27-28-23)20-5-3-4-6-21(20)26/h3-6,9-10,18-19H,7-8,11-17H2,1-2H3. The van der Waals surface area contributed by atoms with E-state index in [1.54, 1.807) is 4.90 Å². The van der Waals surface area contributed by atoms with Crippen LogP contribution in [0.3, 0.4) is 0 Å². The highest BCUT2D eigenvalue weighted by atomic mass is 35.5. The van der Waals surface area contributed by atoms with E-state index in [9.17, 15) is 9.59 Å². The average molecular weight is 470 g/mol. The number of anilines is 1. The molecule has 33 heavy (non-hydrogen) atoms. The summed E-state index contributed by atoms with van der Waals surface area (Å²) < 4.78 is 0. The van der Waals surface area contributed by atoms with Gasteiger partial charge < -0.3 is 14.7 Å². The van der Waals surface area contributed by atoms with Gasteiger partial charge >= 0.3 is 0 Å². The minimum atomic E-state index is 0.0348. The lowest BCUT2D eigenvalue weighted by atomic mass is 10.1. The van der Waals surface area contributed by atoms with Crippen LogP contribution in [-0.4, -0.2) is 71.1 Å². The zero-order valence-corrected chi connectivity index (χ0v) is 20.2. The van der Waals surface area contributed by atoms with Crippen LogP contribution in [0, 0.1) is 11.8 Å². The number of carbonyl (C=O) groups is 2. The third-order valence-electron chi connectivity index (χ3n) is 6.19. The van der Waals surface area contributed by atoms with Crippen LogP contribution in [0.2, 0.25) is 5.02 Å². The first-order chi connectivity index (χ1) is 15.9. The van der Waals surface area contributed by atoms with Crippen molar-refractivity contribution in [2.75, 3.05) is 44.2 Å². The molecular weight excluding hydrogens is 438 g/mol. The van der Waals surface area contributed by atoms with E-state index in [0.717, 1.165) is 29.9 Å². The van der Waals surface area contributed by atoms with Crippen molar-refractivity contribution in [1.82, 2.24) is 20.0 Å². The summed E-state index contributed by atoms with van der Waals surface area (Å²) in [5.74, 6) is 1.78. The molecule has 8 heteroatoms. The lowest BCUT2D eigenvalue weighted by molar-refractivity contribution is -0.141. The number of carbonyl (C=O) groups excluding carboxylic acids is 2. The molecule has 2 aromatic rings. The molecule has 7 nitrogen and oxygen atoms in total. The Labute approximate surface area is 200 Å². The van der Waals surface area contributed by atoms with Gasteiger partial charge in [-0.1, -0.05) is 43.6 Å². The summed E-state index contributed by atoms with van der Waals surface area (Å²) in [6, 6.07) is 11.5. The quantitative estimate of drug-likeness (QED) is 0.589. The average Bonchev–Trinajstić information content (AvgIpc) is 3.63. The first kappa shape index (κ1) is 23.5. The molecule has 0 spiro atoms. The zero-order valence-electron chi connectivity index (χ0n) is 19.4. The third-order valence-corrected chi connectivity index (χ3v) is 6.52. The number of hydrogen-bond acceptors (Lipinski definition) is 5. The number of aromatic nitrogens is 2. The molecule has 1 aromatic carbocycles. The summed E-state index contributed by atoms with van der Waals surface area (Å²) in [4.78, 5) is 31.4. The number of piperazine rings is 1. The molecule has 0 unspecified atom stereocenters. The van der Waals surface area contributed by atoms with Gasteiger partial charge in [-0.05, 0) is 42.9 Å². The summed E-state index contributed by atoms with van der Waals surface area (Å²) >= 11 is 6.26. The predicted octanol–water partition coefficient (Wildman–Crippen LogP) is 3.73. The van der Waals surface area contributed by atoms with Crippen LogP contribution in [0.5, 0.6) is 0 Å². The molecule has 1 saturated carbocycles. The van der Waals surface area contributed by atoms with Crippen molar-refractivity contribution in [3.63, 3.8) is 0 Å². The van der Waals surface area contributed by atoms with E-state index >= 15 is 0 Å². The molecule has 1 aliphatic carbocycles. The lowest BCUT2D eigenvalue weighted by Crippen LogP contribution is -2.52. The Balaban J connectivity index is 1.31. The smallest absolute Gasteiger partial charge is 0.242 e. The molecule has 1 saturated heterocycles. The van der Waals surface area contributed by atoms with Gasteiger partial charge in [0.1, 0.15) is 0 Å². The second kappa shape index (κ2) is 10.5. The largest absolute Gasteiger partial charge is 0.352 e. The van der Waals surface area contributed by atoms with E-state index in [-0.39, 0.29) is 18.4 Å². The highest BCUT2D eigenvalue weighted by Gasteiger charge is 2.30. The van der Waals surface area contributed by atoms with Crippen LogP contribution < -0.4 is 4.90 Å². The number of benzene rings is 1. The van der Waals surface area contributed by atoms with Gasteiger partial charge in [0, 0.05) is 44.7 Å². The van der Waals surface area contributed by atoms with Crippen LogP contribution in [-0.2, 0) is 9.59 Å². The van der Waals surface area contributed by atoms with E-state index < -0.39 is 0 Å². The third kappa shape index (κ3) is 6.22. The van der Waals surface area contributed by atoms with Gasteiger partial charge in [0.05, 0.1) is 17.3 Å². The van der Waals surface area contributed by atoms with Gasteiger partial charge in [-0.3, -0.25) is 9.59 Å².